The van der Waals surface area contributed by atoms with Crippen LogP contribution in [0.1, 0.15) is 11.1 Å². The van der Waals surface area contributed by atoms with Crippen molar-refractivity contribution in [3.63, 3.8) is 0 Å². The van der Waals surface area contributed by atoms with Gasteiger partial charge in [0, 0.05) is 10.9 Å². The summed E-state index contributed by atoms with van der Waals surface area (Å²) >= 11 is 12.1. The first-order chi connectivity index (χ1) is 9.65. The largest absolute Gasteiger partial charge is 0.494 e. The number of benzene rings is 2. The molecule has 0 aliphatic rings. The van der Waals surface area contributed by atoms with E-state index in [1.54, 1.807) is 18.2 Å². The second-order valence-corrected chi connectivity index (χ2v) is 4.85. The Morgan fingerprint density at radius 2 is 2.00 bits per heavy atom. The molecule has 0 atom stereocenters. The zero-order chi connectivity index (χ0) is 14.5. The summed E-state index contributed by atoms with van der Waals surface area (Å²) in [6, 6.07) is 12.2. The van der Waals surface area contributed by atoms with E-state index in [0.29, 0.717) is 10.6 Å². The van der Waals surface area contributed by atoms with E-state index >= 15 is 0 Å². The van der Waals surface area contributed by atoms with Crippen molar-refractivity contribution in [2.45, 2.75) is 0 Å². The van der Waals surface area contributed by atoms with Crippen LogP contribution in [-0.2, 0) is 0 Å². The number of hydrogen-bond donors (Lipinski definition) is 0. The minimum Gasteiger partial charge on any atom is -0.494 e. The predicted octanol–water partition coefficient (Wildman–Crippen LogP) is 5.27. The molecule has 2 rings (SSSR count). The van der Waals surface area contributed by atoms with Crippen LogP contribution in [0, 0.1) is 5.82 Å². The second kappa shape index (κ2) is 6.78. The fourth-order valence-corrected chi connectivity index (χ4v) is 2.27. The molecule has 0 unspecified atom stereocenters. The van der Waals surface area contributed by atoms with Gasteiger partial charge in [0.1, 0.15) is 0 Å². The van der Waals surface area contributed by atoms with Crippen molar-refractivity contribution in [2.75, 3.05) is 13.0 Å². The van der Waals surface area contributed by atoms with Crippen molar-refractivity contribution < 1.29 is 9.13 Å². The average molecular weight is 311 g/mol. The lowest BCUT2D eigenvalue weighted by atomic mass is 10.0. The number of hydrogen-bond acceptors (Lipinski definition) is 1. The Hall–Kier alpha value is -1.51. The number of halogens is 3. The fourth-order valence-electron chi connectivity index (χ4n) is 1.85. The molecule has 0 spiro atoms. The molecule has 0 heterocycles. The van der Waals surface area contributed by atoms with Crippen LogP contribution >= 0.6 is 23.2 Å². The maximum absolute atomic E-state index is 13.7. The van der Waals surface area contributed by atoms with Crippen LogP contribution in [0.15, 0.2) is 42.5 Å². The van der Waals surface area contributed by atoms with Gasteiger partial charge in [-0.2, -0.15) is 0 Å². The van der Waals surface area contributed by atoms with Crippen LogP contribution in [0.2, 0.25) is 5.02 Å². The highest BCUT2D eigenvalue weighted by Gasteiger charge is 2.07. The monoisotopic (exact) mass is 310 g/mol. The van der Waals surface area contributed by atoms with Crippen LogP contribution in [0.3, 0.4) is 0 Å². The van der Waals surface area contributed by atoms with Gasteiger partial charge in [-0.3, -0.25) is 0 Å². The van der Waals surface area contributed by atoms with Gasteiger partial charge < -0.3 is 4.74 Å². The smallest absolute Gasteiger partial charge is 0.165 e. The number of ether oxygens (including phenoxy) is 1. The van der Waals surface area contributed by atoms with Gasteiger partial charge in [-0.25, -0.2) is 4.39 Å². The number of alkyl halides is 1. The van der Waals surface area contributed by atoms with Gasteiger partial charge in [-0.05, 0) is 41.0 Å². The summed E-state index contributed by atoms with van der Waals surface area (Å²) in [5.41, 5.74) is 2.35. The normalized spacial score (nSPS) is 11.5. The van der Waals surface area contributed by atoms with Gasteiger partial charge in [0.15, 0.2) is 11.6 Å². The van der Waals surface area contributed by atoms with Crippen molar-refractivity contribution >= 4 is 34.9 Å². The molecule has 0 saturated carbocycles. The Bertz CT molecular complexity index is 638. The van der Waals surface area contributed by atoms with Gasteiger partial charge in [-0.15, -0.1) is 11.6 Å². The lowest BCUT2D eigenvalue weighted by molar-refractivity contribution is 0.386. The minimum absolute atomic E-state index is 0.209. The van der Waals surface area contributed by atoms with Crippen LogP contribution in [-0.4, -0.2) is 13.0 Å². The minimum atomic E-state index is -0.417. The van der Waals surface area contributed by atoms with Gasteiger partial charge >= 0.3 is 0 Å². The molecule has 0 aromatic heterocycles. The molecule has 20 heavy (non-hydrogen) atoms. The number of allylic oxidation sites excluding steroid dienone is 1. The molecule has 0 bridgehead atoms. The highest BCUT2D eigenvalue weighted by Crippen LogP contribution is 2.27. The predicted molar refractivity (Wildman–Crippen MR) is 83.0 cm³/mol. The summed E-state index contributed by atoms with van der Waals surface area (Å²) < 4.78 is 18.6. The first-order valence-corrected chi connectivity index (χ1v) is 6.92. The first-order valence-electron chi connectivity index (χ1n) is 6.00. The van der Waals surface area contributed by atoms with Gasteiger partial charge in [0.05, 0.1) is 7.11 Å². The second-order valence-electron chi connectivity index (χ2n) is 4.17. The molecule has 0 fully saturated rings. The maximum Gasteiger partial charge on any atom is 0.165 e. The lowest BCUT2D eigenvalue weighted by Crippen LogP contribution is -1.92. The van der Waals surface area contributed by atoms with Crippen LogP contribution in [0.25, 0.3) is 11.6 Å². The highest BCUT2D eigenvalue weighted by molar-refractivity contribution is 6.32. The zero-order valence-corrected chi connectivity index (χ0v) is 12.4. The molecule has 104 valence electrons. The third kappa shape index (κ3) is 3.33. The van der Waals surface area contributed by atoms with Crippen molar-refractivity contribution in [3.05, 3.63) is 64.4 Å². The van der Waals surface area contributed by atoms with Crippen molar-refractivity contribution in [3.8, 4) is 5.75 Å². The molecule has 0 N–H and O–H groups in total. The summed E-state index contributed by atoms with van der Waals surface area (Å²) in [4.78, 5) is 0. The Morgan fingerprint density at radius 3 is 2.60 bits per heavy atom. The highest BCUT2D eigenvalue weighted by atomic mass is 35.5. The fraction of sp³-hybridized carbons (Fsp3) is 0.125. The van der Waals surface area contributed by atoms with E-state index in [0.717, 1.165) is 11.1 Å². The quantitative estimate of drug-likeness (QED) is 0.552. The van der Waals surface area contributed by atoms with Gasteiger partial charge in [-0.1, -0.05) is 35.9 Å². The Kier molecular flexibility index (Phi) is 5.05. The average Bonchev–Trinajstić information content (AvgIpc) is 2.46. The van der Waals surface area contributed by atoms with E-state index in [9.17, 15) is 4.39 Å². The van der Waals surface area contributed by atoms with Crippen LogP contribution < -0.4 is 4.74 Å². The van der Waals surface area contributed by atoms with E-state index in [1.165, 1.54) is 13.2 Å². The molecule has 4 heteroatoms. The molecule has 0 amide bonds. The summed E-state index contributed by atoms with van der Waals surface area (Å²) in [5.74, 6) is 0.0531. The van der Waals surface area contributed by atoms with Crippen LogP contribution in [0.4, 0.5) is 4.39 Å². The molecule has 0 aliphatic heterocycles. The Balaban J connectivity index is 2.42. The zero-order valence-electron chi connectivity index (χ0n) is 10.9. The molecular weight excluding hydrogens is 298 g/mol. The Morgan fingerprint density at radius 1 is 1.25 bits per heavy atom. The van der Waals surface area contributed by atoms with Gasteiger partial charge in [0.2, 0.25) is 0 Å². The topological polar surface area (TPSA) is 9.23 Å². The molecule has 2 aromatic rings. The summed E-state index contributed by atoms with van der Waals surface area (Å²) in [7, 11) is 1.43. The van der Waals surface area contributed by atoms with Crippen molar-refractivity contribution in [1.29, 1.82) is 0 Å². The third-order valence-electron chi connectivity index (χ3n) is 2.90. The maximum atomic E-state index is 13.7. The molecule has 0 radical (unpaired) electrons. The molecular formula is C16H13Cl2FO. The summed E-state index contributed by atoms with van der Waals surface area (Å²) in [6.45, 7) is 0. The van der Waals surface area contributed by atoms with E-state index in [4.69, 9.17) is 27.9 Å². The van der Waals surface area contributed by atoms with Crippen LogP contribution in [0.5, 0.6) is 5.75 Å². The van der Waals surface area contributed by atoms with E-state index < -0.39 is 5.82 Å². The van der Waals surface area contributed by atoms with Gasteiger partial charge in [0.25, 0.3) is 0 Å². The lowest BCUT2D eigenvalue weighted by Gasteiger charge is -2.08. The van der Waals surface area contributed by atoms with Crippen molar-refractivity contribution in [1.82, 2.24) is 0 Å². The van der Waals surface area contributed by atoms with E-state index in [1.807, 2.05) is 24.3 Å². The number of methoxy groups -OCH3 is 1. The molecule has 0 saturated heterocycles. The number of rotatable bonds is 4. The Labute approximate surface area is 127 Å². The summed E-state index contributed by atoms with van der Waals surface area (Å²) in [6.07, 6.45) is 1.86. The van der Waals surface area contributed by atoms with Crippen molar-refractivity contribution in [2.24, 2.45) is 0 Å². The molecule has 0 aliphatic carbocycles. The summed E-state index contributed by atoms with van der Waals surface area (Å²) in [5, 5.41) is 0.629. The first kappa shape index (κ1) is 14.9. The van der Waals surface area contributed by atoms with E-state index in [-0.39, 0.29) is 11.6 Å². The third-order valence-corrected chi connectivity index (χ3v) is 3.53. The van der Waals surface area contributed by atoms with E-state index in [2.05, 4.69) is 0 Å². The SMILES string of the molecule is COc1ccc(/C(=C/c2ccccc2Cl)CCl)cc1F. The standard InChI is InChI=1S/C16H13Cl2FO/c1-20-16-7-6-11(9-15(16)19)13(10-17)8-12-4-2-3-5-14(12)18/h2-9H,10H2,1H3/b13-8+. The molecule has 2 aromatic carbocycles. The molecule has 1 nitrogen and oxygen atoms in total.